The zero-order valence-electron chi connectivity index (χ0n) is 8.26. The van der Waals surface area contributed by atoms with Gasteiger partial charge in [-0.25, -0.2) is 0 Å². The number of rotatable bonds is 1. The summed E-state index contributed by atoms with van der Waals surface area (Å²) >= 11 is 5.97. The number of benzene rings is 1. The smallest absolute Gasteiger partial charge is 0.151 e. The summed E-state index contributed by atoms with van der Waals surface area (Å²) in [5.74, 6) is 0.928. The van der Waals surface area contributed by atoms with E-state index >= 15 is 0 Å². The van der Waals surface area contributed by atoms with Crippen LogP contribution in [0.15, 0.2) is 18.2 Å². The average Bonchev–Trinajstić information content (AvgIpc) is 2.74. The molecule has 0 saturated carbocycles. The lowest BCUT2D eigenvalue weighted by Gasteiger charge is -1.99. The molecule has 1 heterocycles. The van der Waals surface area contributed by atoms with Crippen LogP contribution in [0, 0.1) is 0 Å². The molecule has 0 unspecified atom stereocenters. The quantitative estimate of drug-likeness (QED) is 0.661. The third-order valence-electron chi connectivity index (χ3n) is 2.81. The van der Waals surface area contributed by atoms with Gasteiger partial charge in [0.05, 0.1) is 5.69 Å². The van der Waals surface area contributed by atoms with E-state index in [1.165, 1.54) is 16.7 Å². The highest BCUT2D eigenvalue weighted by Gasteiger charge is 2.23. The molecule has 0 saturated heterocycles. The monoisotopic (exact) mass is 219 g/mol. The van der Waals surface area contributed by atoms with Crippen molar-refractivity contribution in [2.24, 2.45) is 0 Å². The van der Waals surface area contributed by atoms with E-state index in [1.54, 1.807) is 0 Å². The number of nitrogens with zero attached hydrogens (tertiary/aromatic N) is 1. The topological polar surface area (TPSA) is 40.7 Å². The number of H-pyrrole nitrogens is 1. The van der Waals surface area contributed by atoms with Gasteiger partial charge in [-0.05, 0) is 17.7 Å². The van der Waals surface area contributed by atoms with E-state index in [2.05, 4.69) is 15.5 Å². The summed E-state index contributed by atoms with van der Waals surface area (Å²) in [7, 11) is 1.88. The first kappa shape index (κ1) is 8.80. The molecule has 2 N–H and O–H groups in total. The van der Waals surface area contributed by atoms with Gasteiger partial charge < -0.3 is 5.32 Å². The normalized spacial score (nSPS) is 12.4. The predicted octanol–water partition coefficient (Wildman–Crippen LogP) is 2.68. The Kier molecular flexibility index (Phi) is 1.76. The molecule has 0 fully saturated rings. The SMILES string of the molecule is CNc1n[nH]c2c1Cc1cc(Cl)ccc1-2. The van der Waals surface area contributed by atoms with Gasteiger partial charge in [0.25, 0.3) is 0 Å². The van der Waals surface area contributed by atoms with Gasteiger partial charge in [-0.1, -0.05) is 17.7 Å². The van der Waals surface area contributed by atoms with Gasteiger partial charge in [0.2, 0.25) is 0 Å². The van der Waals surface area contributed by atoms with Crippen LogP contribution >= 0.6 is 11.6 Å². The minimum absolute atomic E-state index is 0.790. The molecule has 1 aliphatic rings. The van der Waals surface area contributed by atoms with E-state index in [-0.39, 0.29) is 0 Å². The number of aromatic nitrogens is 2. The minimum atomic E-state index is 0.790. The molecule has 76 valence electrons. The summed E-state index contributed by atoms with van der Waals surface area (Å²) in [6.45, 7) is 0. The number of hydrogen-bond donors (Lipinski definition) is 2. The fourth-order valence-corrected chi connectivity index (χ4v) is 2.30. The van der Waals surface area contributed by atoms with Crippen molar-refractivity contribution in [1.29, 1.82) is 0 Å². The Morgan fingerprint density at radius 3 is 3.13 bits per heavy atom. The summed E-state index contributed by atoms with van der Waals surface area (Å²) in [4.78, 5) is 0. The zero-order valence-corrected chi connectivity index (χ0v) is 9.02. The highest BCUT2D eigenvalue weighted by molar-refractivity contribution is 6.30. The van der Waals surface area contributed by atoms with Gasteiger partial charge in [-0.3, -0.25) is 5.10 Å². The van der Waals surface area contributed by atoms with Crippen molar-refractivity contribution in [3.8, 4) is 11.3 Å². The Labute approximate surface area is 92.5 Å². The Morgan fingerprint density at radius 2 is 2.33 bits per heavy atom. The van der Waals surface area contributed by atoms with Crippen LogP contribution in [0.2, 0.25) is 5.02 Å². The van der Waals surface area contributed by atoms with E-state index in [1.807, 2.05) is 25.2 Å². The maximum atomic E-state index is 5.97. The van der Waals surface area contributed by atoms with Crippen molar-refractivity contribution in [1.82, 2.24) is 10.2 Å². The molecule has 3 rings (SSSR count). The van der Waals surface area contributed by atoms with Crippen molar-refractivity contribution >= 4 is 17.4 Å². The number of halogens is 1. The molecular formula is C11H10ClN3. The standard InChI is InChI=1S/C11H10ClN3/c1-13-11-9-5-6-4-7(12)2-3-8(6)10(9)14-15-11/h2-4H,5H2,1H3,(H2,13,14,15). The maximum Gasteiger partial charge on any atom is 0.151 e. The van der Waals surface area contributed by atoms with Crippen LogP contribution in [0.5, 0.6) is 0 Å². The van der Waals surface area contributed by atoms with Crippen molar-refractivity contribution in [3.05, 3.63) is 34.3 Å². The minimum Gasteiger partial charge on any atom is -0.371 e. The number of hydrogen-bond acceptors (Lipinski definition) is 2. The Balaban J connectivity index is 2.20. The van der Waals surface area contributed by atoms with E-state index in [4.69, 9.17) is 11.6 Å². The van der Waals surface area contributed by atoms with Gasteiger partial charge in [0, 0.05) is 29.6 Å². The van der Waals surface area contributed by atoms with Gasteiger partial charge in [-0.2, -0.15) is 5.10 Å². The molecule has 0 radical (unpaired) electrons. The molecule has 0 atom stereocenters. The molecule has 3 nitrogen and oxygen atoms in total. The molecule has 4 heteroatoms. The zero-order chi connectivity index (χ0) is 10.4. The second-order valence-electron chi connectivity index (χ2n) is 3.65. The highest BCUT2D eigenvalue weighted by Crippen LogP contribution is 2.39. The predicted molar refractivity (Wildman–Crippen MR) is 61.4 cm³/mol. The summed E-state index contributed by atoms with van der Waals surface area (Å²) in [6, 6.07) is 5.97. The second kappa shape index (κ2) is 3.00. The van der Waals surface area contributed by atoms with E-state index in [9.17, 15) is 0 Å². The van der Waals surface area contributed by atoms with Crippen molar-refractivity contribution < 1.29 is 0 Å². The lowest BCUT2D eigenvalue weighted by Crippen LogP contribution is -1.92. The van der Waals surface area contributed by atoms with Gasteiger partial charge >= 0.3 is 0 Å². The highest BCUT2D eigenvalue weighted by atomic mass is 35.5. The molecule has 1 aromatic carbocycles. The van der Waals surface area contributed by atoms with Gasteiger partial charge in [0.15, 0.2) is 5.82 Å². The summed E-state index contributed by atoms with van der Waals surface area (Å²) in [6.07, 6.45) is 0.901. The van der Waals surface area contributed by atoms with Crippen LogP contribution in [-0.2, 0) is 6.42 Å². The first-order chi connectivity index (χ1) is 7.29. The van der Waals surface area contributed by atoms with E-state index < -0.39 is 0 Å². The second-order valence-corrected chi connectivity index (χ2v) is 4.09. The molecule has 0 spiro atoms. The Morgan fingerprint density at radius 1 is 1.47 bits per heavy atom. The van der Waals surface area contributed by atoms with Crippen LogP contribution in [0.1, 0.15) is 11.1 Å². The average molecular weight is 220 g/mol. The summed E-state index contributed by atoms with van der Waals surface area (Å²) in [5.41, 5.74) is 4.83. The van der Waals surface area contributed by atoms with Gasteiger partial charge in [-0.15, -0.1) is 0 Å². The van der Waals surface area contributed by atoms with Crippen LogP contribution in [0.25, 0.3) is 11.3 Å². The van der Waals surface area contributed by atoms with Crippen molar-refractivity contribution in [3.63, 3.8) is 0 Å². The third kappa shape index (κ3) is 1.16. The number of nitrogens with one attached hydrogen (secondary N) is 2. The van der Waals surface area contributed by atoms with Crippen LogP contribution < -0.4 is 5.32 Å². The Bertz CT molecular complexity index is 531. The third-order valence-corrected chi connectivity index (χ3v) is 3.04. The molecule has 1 aliphatic carbocycles. The van der Waals surface area contributed by atoms with Crippen LogP contribution in [0.3, 0.4) is 0 Å². The fourth-order valence-electron chi connectivity index (χ4n) is 2.11. The Hall–Kier alpha value is -1.48. The maximum absolute atomic E-state index is 5.97. The van der Waals surface area contributed by atoms with Crippen LogP contribution in [-0.4, -0.2) is 17.2 Å². The molecule has 1 aromatic heterocycles. The van der Waals surface area contributed by atoms with E-state index in [0.29, 0.717) is 0 Å². The lowest BCUT2D eigenvalue weighted by atomic mass is 10.1. The molecule has 0 aliphatic heterocycles. The fraction of sp³-hybridized carbons (Fsp3) is 0.182. The summed E-state index contributed by atoms with van der Waals surface area (Å²) < 4.78 is 0. The first-order valence-corrected chi connectivity index (χ1v) is 5.21. The van der Waals surface area contributed by atoms with Crippen molar-refractivity contribution in [2.75, 3.05) is 12.4 Å². The molecule has 0 amide bonds. The van der Waals surface area contributed by atoms with Crippen LogP contribution in [0.4, 0.5) is 5.82 Å². The molecule has 0 bridgehead atoms. The summed E-state index contributed by atoms with van der Waals surface area (Å²) in [5, 5.41) is 11.1. The number of anilines is 1. The van der Waals surface area contributed by atoms with Gasteiger partial charge in [0.1, 0.15) is 0 Å². The van der Waals surface area contributed by atoms with Crippen molar-refractivity contribution in [2.45, 2.75) is 6.42 Å². The van der Waals surface area contributed by atoms with E-state index in [0.717, 1.165) is 23.0 Å². The first-order valence-electron chi connectivity index (χ1n) is 4.83. The largest absolute Gasteiger partial charge is 0.371 e. The molecule has 2 aromatic rings. The lowest BCUT2D eigenvalue weighted by molar-refractivity contribution is 1.09. The molecular weight excluding hydrogens is 210 g/mol. The molecule has 15 heavy (non-hydrogen) atoms. The number of fused-ring (bicyclic) bond motifs is 3. The number of aromatic amines is 1.